The van der Waals surface area contributed by atoms with Gasteiger partial charge in [-0.3, -0.25) is 9.69 Å². The molecule has 34 heavy (non-hydrogen) atoms. The number of thiophene rings is 1. The van der Waals surface area contributed by atoms with E-state index < -0.39 is 0 Å². The Bertz CT molecular complexity index is 1050. The molecule has 6 nitrogen and oxygen atoms in total. The zero-order valence-electron chi connectivity index (χ0n) is 20.1. The van der Waals surface area contributed by atoms with Crippen molar-refractivity contribution in [1.29, 1.82) is 0 Å². The van der Waals surface area contributed by atoms with Crippen LogP contribution in [0.4, 0.5) is 5.69 Å². The maximum Gasteiger partial charge on any atom is 0.224 e. The molecule has 1 amide bonds. The van der Waals surface area contributed by atoms with Crippen LogP contribution in [0.3, 0.4) is 0 Å². The van der Waals surface area contributed by atoms with Crippen molar-refractivity contribution >= 4 is 22.9 Å². The predicted octanol–water partition coefficient (Wildman–Crippen LogP) is 4.38. The number of nitrogens with one attached hydrogen (secondary N) is 1. The van der Waals surface area contributed by atoms with Gasteiger partial charge < -0.3 is 19.7 Å². The number of piperazine rings is 1. The van der Waals surface area contributed by atoms with E-state index in [1.54, 1.807) is 25.6 Å². The second-order valence-corrected chi connectivity index (χ2v) is 9.52. The van der Waals surface area contributed by atoms with Crippen molar-refractivity contribution in [2.45, 2.75) is 25.4 Å². The van der Waals surface area contributed by atoms with E-state index in [0.717, 1.165) is 31.7 Å². The topological polar surface area (TPSA) is 54.0 Å². The number of rotatable bonds is 9. The summed E-state index contributed by atoms with van der Waals surface area (Å²) >= 11 is 1.75. The molecule has 4 rings (SSSR count). The summed E-state index contributed by atoms with van der Waals surface area (Å²) in [5.74, 6) is 1.30. The van der Waals surface area contributed by atoms with Gasteiger partial charge in [0, 0.05) is 42.8 Å². The Kier molecular flexibility index (Phi) is 8.08. The van der Waals surface area contributed by atoms with E-state index in [1.165, 1.54) is 10.6 Å². The van der Waals surface area contributed by atoms with Gasteiger partial charge in [-0.25, -0.2) is 0 Å². The van der Waals surface area contributed by atoms with Gasteiger partial charge in [0.15, 0.2) is 11.5 Å². The van der Waals surface area contributed by atoms with Crippen LogP contribution < -0.4 is 19.7 Å². The zero-order chi connectivity index (χ0) is 23.9. The molecule has 3 aromatic rings. The minimum absolute atomic E-state index is 0.00389. The van der Waals surface area contributed by atoms with Crippen LogP contribution in [0.1, 0.15) is 23.4 Å². The van der Waals surface area contributed by atoms with Gasteiger partial charge in [0.1, 0.15) is 0 Å². The number of hydrogen-bond acceptors (Lipinski definition) is 6. The molecule has 2 aromatic carbocycles. The first-order chi connectivity index (χ1) is 16.6. The highest BCUT2D eigenvalue weighted by molar-refractivity contribution is 7.10. The molecule has 0 saturated carbocycles. The second-order valence-electron chi connectivity index (χ2n) is 8.54. The van der Waals surface area contributed by atoms with Crippen molar-refractivity contribution < 1.29 is 14.3 Å². The third-order valence-corrected chi connectivity index (χ3v) is 7.28. The van der Waals surface area contributed by atoms with Crippen LogP contribution in [-0.4, -0.2) is 57.2 Å². The number of carbonyl (C=O) groups excluding carboxylic acids is 1. The number of anilines is 1. The maximum atomic E-state index is 13.0. The number of benzene rings is 2. The SMILES string of the molecule is COc1ccc(CC(=O)N[C@@H](C)[C@@H](c2cccs2)N2CCN(c3ccccc3)CC2)cc1OC. The molecule has 2 atom stereocenters. The van der Waals surface area contributed by atoms with Crippen molar-refractivity contribution in [2.75, 3.05) is 45.3 Å². The molecule has 1 saturated heterocycles. The first kappa shape index (κ1) is 24.1. The molecule has 180 valence electrons. The normalized spacial score (nSPS) is 16.0. The lowest BCUT2D eigenvalue weighted by Crippen LogP contribution is -2.52. The molecule has 0 spiro atoms. The Morgan fingerprint density at radius 1 is 0.971 bits per heavy atom. The van der Waals surface area contributed by atoms with E-state index >= 15 is 0 Å². The third-order valence-electron chi connectivity index (χ3n) is 6.34. The molecule has 1 N–H and O–H groups in total. The Balaban J connectivity index is 1.41. The van der Waals surface area contributed by atoms with E-state index in [0.29, 0.717) is 17.9 Å². The molecule has 2 heterocycles. The van der Waals surface area contributed by atoms with Gasteiger partial charge in [0.2, 0.25) is 5.91 Å². The van der Waals surface area contributed by atoms with Crippen LogP contribution >= 0.6 is 11.3 Å². The number of ether oxygens (including phenoxy) is 2. The van der Waals surface area contributed by atoms with Crippen molar-refractivity contribution in [3.63, 3.8) is 0 Å². The fourth-order valence-electron chi connectivity index (χ4n) is 4.66. The third kappa shape index (κ3) is 5.72. The van der Waals surface area contributed by atoms with Gasteiger partial charge in [-0.2, -0.15) is 0 Å². The summed E-state index contributed by atoms with van der Waals surface area (Å²) in [5, 5.41) is 5.38. The second kappa shape index (κ2) is 11.4. The van der Waals surface area contributed by atoms with Gasteiger partial charge in [-0.05, 0) is 48.2 Å². The number of amides is 1. The Morgan fingerprint density at radius 3 is 2.35 bits per heavy atom. The van der Waals surface area contributed by atoms with E-state index in [9.17, 15) is 4.79 Å². The lowest BCUT2D eigenvalue weighted by molar-refractivity contribution is -0.121. The molecule has 1 aliphatic heterocycles. The minimum atomic E-state index is -0.0189. The van der Waals surface area contributed by atoms with E-state index in [2.05, 4.69) is 69.9 Å². The standard InChI is InChI=1S/C27H33N3O3S/c1-20(28-26(31)19-21-11-12-23(32-2)24(18-21)33-3)27(25-10-7-17-34-25)30-15-13-29(14-16-30)22-8-5-4-6-9-22/h4-12,17-18,20,27H,13-16,19H2,1-3H3,(H,28,31)/t20-,27-/m0/s1. The van der Waals surface area contributed by atoms with E-state index in [4.69, 9.17) is 9.47 Å². The summed E-state index contributed by atoms with van der Waals surface area (Å²) in [7, 11) is 3.21. The number of hydrogen-bond donors (Lipinski definition) is 1. The fraction of sp³-hybridized carbons (Fsp3) is 0.370. The quantitative estimate of drug-likeness (QED) is 0.494. The number of nitrogens with zero attached hydrogens (tertiary/aromatic N) is 2. The Labute approximate surface area is 206 Å². The van der Waals surface area contributed by atoms with Gasteiger partial charge >= 0.3 is 0 Å². The van der Waals surface area contributed by atoms with Gasteiger partial charge in [-0.15, -0.1) is 11.3 Å². The van der Waals surface area contributed by atoms with Crippen LogP contribution in [0.15, 0.2) is 66.0 Å². The first-order valence-corrected chi connectivity index (χ1v) is 12.5. The molecule has 0 radical (unpaired) electrons. The number of methoxy groups -OCH3 is 2. The van der Waals surface area contributed by atoms with Crippen LogP contribution in [0.2, 0.25) is 0 Å². The monoisotopic (exact) mass is 479 g/mol. The molecule has 7 heteroatoms. The average molecular weight is 480 g/mol. The number of carbonyl (C=O) groups is 1. The van der Waals surface area contributed by atoms with Crippen molar-refractivity contribution in [2.24, 2.45) is 0 Å². The van der Waals surface area contributed by atoms with Gasteiger partial charge in [0.25, 0.3) is 0 Å². The average Bonchev–Trinajstić information content (AvgIpc) is 3.39. The Hall–Kier alpha value is -3.03. The molecule has 0 aliphatic carbocycles. The predicted molar refractivity (Wildman–Crippen MR) is 138 cm³/mol. The summed E-state index contributed by atoms with van der Waals surface area (Å²) in [4.78, 5) is 19.2. The number of para-hydroxylation sites is 1. The van der Waals surface area contributed by atoms with Crippen LogP contribution in [-0.2, 0) is 11.2 Å². The smallest absolute Gasteiger partial charge is 0.224 e. The van der Waals surface area contributed by atoms with Crippen molar-refractivity contribution in [1.82, 2.24) is 10.2 Å². The maximum absolute atomic E-state index is 13.0. The summed E-state index contributed by atoms with van der Waals surface area (Å²) < 4.78 is 10.7. The summed E-state index contributed by atoms with van der Waals surface area (Å²) in [6.45, 7) is 5.96. The first-order valence-electron chi connectivity index (χ1n) is 11.7. The van der Waals surface area contributed by atoms with Gasteiger partial charge in [0.05, 0.1) is 26.7 Å². The molecule has 1 aromatic heterocycles. The highest BCUT2D eigenvalue weighted by Gasteiger charge is 2.31. The largest absolute Gasteiger partial charge is 0.493 e. The van der Waals surface area contributed by atoms with E-state index in [1.807, 2.05) is 18.2 Å². The summed E-state index contributed by atoms with van der Waals surface area (Å²) in [6, 6.07) is 20.6. The molecule has 1 aliphatic rings. The van der Waals surface area contributed by atoms with Crippen LogP contribution in [0, 0.1) is 0 Å². The molecule has 0 bridgehead atoms. The highest BCUT2D eigenvalue weighted by atomic mass is 32.1. The summed E-state index contributed by atoms with van der Waals surface area (Å²) in [5.41, 5.74) is 2.16. The van der Waals surface area contributed by atoms with Crippen LogP contribution in [0.25, 0.3) is 0 Å². The van der Waals surface area contributed by atoms with Gasteiger partial charge in [-0.1, -0.05) is 30.3 Å². The lowest BCUT2D eigenvalue weighted by atomic mass is 10.0. The molecular formula is C27H33N3O3S. The molecule has 1 fully saturated rings. The lowest BCUT2D eigenvalue weighted by Gasteiger charge is -2.42. The summed E-state index contributed by atoms with van der Waals surface area (Å²) in [6.07, 6.45) is 0.295. The zero-order valence-corrected chi connectivity index (χ0v) is 20.9. The van der Waals surface area contributed by atoms with Crippen LogP contribution in [0.5, 0.6) is 11.5 Å². The molecular weight excluding hydrogens is 446 g/mol. The highest BCUT2D eigenvalue weighted by Crippen LogP contribution is 2.31. The van der Waals surface area contributed by atoms with Crippen molar-refractivity contribution in [3.8, 4) is 11.5 Å². The molecule has 0 unspecified atom stereocenters. The van der Waals surface area contributed by atoms with E-state index in [-0.39, 0.29) is 18.0 Å². The minimum Gasteiger partial charge on any atom is -0.493 e. The van der Waals surface area contributed by atoms with Crippen molar-refractivity contribution in [3.05, 3.63) is 76.5 Å². The fourth-order valence-corrected chi connectivity index (χ4v) is 5.62. The Morgan fingerprint density at radius 2 is 1.71 bits per heavy atom.